The molecule has 0 bridgehead atoms. The van der Waals surface area contributed by atoms with E-state index in [2.05, 4.69) is 15.2 Å². The first-order chi connectivity index (χ1) is 7.08. The molecule has 2 rings (SSSR count). The molecular formula is C8H10F2N4O. The van der Waals surface area contributed by atoms with Crippen LogP contribution in [0.1, 0.15) is 23.5 Å². The van der Waals surface area contributed by atoms with Gasteiger partial charge in [0, 0.05) is 13.0 Å². The molecule has 1 aromatic rings. The van der Waals surface area contributed by atoms with Crippen LogP contribution in [-0.2, 0) is 0 Å². The lowest BCUT2D eigenvalue weighted by molar-refractivity contribution is -0.0562. The van der Waals surface area contributed by atoms with Crippen molar-refractivity contribution in [3.63, 3.8) is 0 Å². The number of piperidine rings is 1. The number of aromatic nitrogens is 3. The van der Waals surface area contributed by atoms with Crippen molar-refractivity contribution in [2.45, 2.75) is 18.8 Å². The summed E-state index contributed by atoms with van der Waals surface area (Å²) < 4.78 is 26.0. The molecule has 0 spiro atoms. The summed E-state index contributed by atoms with van der Waals surface area (Å²) in [5, 5.41) is 5.87. The lowest BCUT2D eigenvalue weighted by Gasteiger charge is -2.31. The molecule has 0 atom stereocenters. The van der Waals surface area contributed by atoms with Gasteiger partial charge in [0.2, 0.25) is 5.82 Å². The normalized spacial score (nSPS) is 20.3. The lowest BCUT2D eigenvalue weighted by atomic mass is 10.1. The molecule has 82 valence electrons. The fourth-order valence-corrected chi connectivity index (χ4v) is 1.60. The second-order valence-corrected chi connectivity index (χ2v) is 3.52. The van der Waals surface area contributed by atoms with E-state index < -0.39 is 18.4 Å². The van der Waals surface area contributed by atoms with Crippen molar-refractivity contribution in [3.8, 4) is 0 Å². The van der Waals surface area contributed by atoms with Gasteiger partial charge in [-0.15, -0.1) is 0 Å². The van der Waals surface area contributed by atoms with E-state index in [0.717, 1.165) is 4.90 Å². The van der Waals surface area contributed by atoms with Gasteiger partial charge in [0.05, 0.1) is 6.54 Å². The van der Waals surface area contributed by atoms with Gasteiger partial charge < -0.3 is 4.90 Å². The number of amides is 1. The predicted molar refractivity (Wildman–Crippen MR) is 46.5 cm³/mol. The van der Waals surface area contributed by atoms with Crippen molar-refractivity contribution in [1.82, 2.24) is 20.1 Å². The highest BCUT2D eigenvalue weighted by atomic mass is 19.3. The van der Waals surface area contributed by atoms with Gasteiger partial charge in [-0.3, -0.25) is 9.89 Å². The number of carbonyl (C=O) groups excluding carboxylic acids is 1. The molecule has 0 aromatic carbocycles. The number of alkyl halides is 2. The summed E-state index contributed by atoms with van der Waals surface area (Å²) in [5.41, 5.74) is 0. The van der Waals surface area contributed by atoms with Gasteiger partial charge in [0.15, 0.2) is 0 Å². The maximum absolute atomic E-state index is 13.0. The quantitative estimate of drug-likeness (QED) is 0.750. The van der Waals surface area contributed by atoms with E-state index in [1.54, 1.807) is 0 Å². The Hall–Kier alpha value is -1.53. The van der Waals surface area contributed by atoms with Crippen LogP contribution in [0.4, 0.5) is 8.78 Å². The van der Waals surface area contributed by atoms with Crippen LogP contribution in [0.5, 0.6) is 0 Å². The largest absolute Gasteiger partial charge is 0.330 e. The van der Waals surface area contributed by atoms with E-state index in [-0.39, 0.29) is 12.2 Å². The number of carbonyl (C=O) groups is 1. The molecule has 1 fully saturated rings. The third kappa shape index (κ3) is 2.11. The fourth-order valence-electron chi connectivity index (χ4n) is 1.60. The SMILES string of the molecule is O=C(c1ncn[nH]1)N1CCCC(F)(F)C1. The van der Waals surface area contributed by atoms with Crippen LogP contribution in [0.25, 0.3) is 0 Å². The molecule has 0 saturated carbocycles. The summed E-state index contributed by atoms with van der Waals surface area (Å²) in [7, 11) is 0. The Kier molecular flexibility index (Phi) is 2.37. The maximum Gasteiger partial charge on any atom is 0.291 e. The smallest absolute Gasteiger partial charge is 0.291 e. The number of H-pyrrole nitrogens is 1. The Balaban J connectivity index is 2.08. The van der Waals surface area contributed by atoms with Gasteiger partial charge in [-0.2, -0.15) is 5.10 Å². The van der Waals surface area contributed by atoms with Crippen LogP contribution >= 0.6 is 0 Å². The summed E-state index contributed by atoms with van der Waals surface area (Å²) in [6.45, 7) is -0.193. The highest BCUT2D eigenvalue weighted by Gasteiger charge is 2.37. The second-order valence-electron chi connectivity index (χ2n) is 3.52. The van der Waals surface area contributed by atoms with Gasteiger partial charge in [-0.05, 0) is 6.42 Å². The van der Waals surface area contributed by atoms with E-state index in [4.69, 9.17) is 0 Å². The van der Waals surface area contributed by atoms with Gasteiger partial charge >= 0.3 is 0 Å². The minimum atomic E-state index is -2.78. The highest BCUT2D eigenvalue weighted by molar-refractivity contribution is 5.90. The fraction of sp³-hybridized carbons (Fsp3) is 0.625. The molecule has 1 aromatic heterocycles. The number of hydrogen-bond acceptors (Lipinski definition) is 3. The molecule has 0 unspecified atom stereocenters. The van der Waals surface area contributed by atoms with E-state index >= 15 is 0 Å². The third-order valence-corrected chi connectivity index (χ3v) is 2.30. The number of likely N-dealkylation sites (tertiary alicyclic amines) is 1. The van der Waals surface area contributed by atoms with Crippen molar-refractivity contribution < 1.29 is 13.6 Å². The Morgan fingerprint density at radius 2 is 2.40 bits per heavy atom. The standard InChI is InChI=1S/C8H10F2N4O/c9-8(10)2-1-3-14(4-8)7(15)6-11-5-12-13-6/h5H,1-4H2,(H,11,12,13). The van der Waals surface area contributed by atoms with Crippen LogP contribution in [0.15, 0.2) is 6.33 Å². The van der Waals surface area contributed by atoms with Crippen LogP contribution in [0.2, 0.25) is 0 Å². The molecule has 1 N–H and O–H groups in total. The molecule has 1 amide bonds. The monoisotopic (exact) mass is 216 g/mol. The van der Waals surface area contributed by atoms with Crippen LogP contribution in [0, 0.1) is 0 Å². The summed E-state index contributed by atoms with van der Waals surface area (Å²) in [6.07, 6.45) is 1.33. The zero-order valence-electron chi connectivity index (χ0n) is 7.91. The first-order valence-corrected chi connectivity index (χ1v) is 4.61. The molecule has 1 saturated heterocycles. The number of halogens is 2. The lowest BCUT2D eigenvalue weighted by Crippen LogP contribution is -2.46. The van der Waals surface area contributed by atoms with Gasteiger partial charge in [0.1, 0.15) is 6.33 Å². The first kappa shape index (κ1) is 10.0. The Bertz CT molecular complexity index is 352. The predicted octanol–water partition coefficient (Wildman–Crippen LogP) is 0.676. The van der Waals surface area contributed by atoms with Crippen LogP contribution < -0.4 is 0 Å². The molecule has 15 heavy (non-hydrogen) atoms. The number of nitrogens with zero attached hydrogens (tertiary/aromatic N) is 3. The molecular weight excluding hydrogens is 206 g/mol. The Morgan fingerprint density at radius 1 is 1.60 bits per heavy atom. The van der Waals surface area contributed by atoms with E-state index in [0.29, 0.717) is 13.0 Å². The van der Waals surface area contributed by atoms with Gasteiger partial charge in [0.25, 0.3) is 11.8 Å². The molecule has 1 aliphatic heterocycles. The number of rotatable bonds is 1. The average molecular weight is 216 g/mol. The van der Waals surface area contributed by atoms with E-state index in [9.17, 15) is 13.6 Å². The number of aromatic amines is 1. The second kappa shape index (κ2) is 3.56. The molecule has 2 heterocycles. The third-order valence-electron chi connectivity index (χ3n) is 2.30. The van der Waals surface area contributed by atoms with Crippen molar-refractivity contribution in [1.29, 1.82) is 0 Å². The minimum absolute atomic E-state index is 0.00713. The number of hydrogen-bond donors (Lipinski definition) is 1. The zero-order chi connectivity index (χ0) is 10.9. The topological polar surface area (TPSA) is 61.9 Å². The van der Waals surface area contributed by atoms with Gasteiger partial charge in [-0.1, -0.05) is 0 Å². The first-order valence-electron chi connectivity index (χ1n) is 4.61. The van der Waals surface area contributed by atoms with Crippen LogP contribution in [0.3, 0.4) is 0 Å². The molecule has 0 aliphatic carbocycles. The van der Waals surface area contributed by atoms with Crippen molar-refractivity contribution >= 4 is 5.91 Å². The molecule has 5 nitrogen and oxygen atoms in total. The molecule has 7 heteroatoms. The maximum atomic E-state index is 13.0. The summed E-state index contributed by atoms with van der Waals surface area (Å²) in [6, 6.07) is 0. The molecule has 0 radical (unpaired) electrons. The van der Waals surface area contributed by atoms with Crippen LogP contribution in [-0.4, -0.2) is 45.0 Å². The van der Waals surface area contributed by atoms with Gasteiger partial charge in [-0.25, -0.2) is 13.8 Å². The number of nitrogens with one attached hydrogen (secondary N) is 1. The summed E-state index contributed by atoms with van der Waals surface area (Å²) >= 11 is 0. The summed E-state index contributed by atoms with van der Waals surface area (Å²) in [4.78, 5) is 16.3. The average Bonchev–Trinajstić information content (AvgIpc) is 2.67. The van der Waals surface area contributed by atoms with Crippen molar-refractivity contribution in [3.05, 3.63) is 12.2 Å². The molecule has 1 aliphatic rings. The van der Waals surface area contributed by atoms with E-state index in [1.165, 1.54) is 6.33 Å². The Morgan fingerprint density at radius 3 is 3.00 bits per heavy atom. The zero-order valence-corrected chi connectivity index (χ0v) is 7.91. The minimum Gasteiger partial charge on any atom is -0.330 e. The Labute approximate surface area is 84.5 Å². The van der Waals surface area contributed by atoms with E-state index in [1.807, 2.05) is 0 Å². The van der Waals surface area contributed by atoms with Crippen molar-refractivity contribution in [2.24, 2.45) is 0 Å². The van der Waals surface area contributed by atoms with Crippen molar-refractivity contribution in [2.75, 3.05) is 13.1 Å². The highest BCUT2D eigenvalue weighted by Crippen LogP contribution is 2.26. The summed E-state index contributed by atoms with van der Waals surface area (Å²) in [5.74, 6) is -3.30.